The summed E-state index contributed by atoms with van der Waals surface area (Å²) >= 11 is 0. The molecule has 1 atom stereocenters. The molecule has 5 heteroatoms. The molecule has 1 aromatic rings. The van der Waals surface area contributed by atoms with E-state index >= 15 is 0 Å². The van der Waals surface area contributed by atoms with Crippen LogP contribution in [0.1, 0.15) is 25.8 Å². The summed E-state index contributed by atoms with van der Waals surface area (Å²) in [6.45, 7) is 4.06. The highest BCUT2D eigenvalue weighted by atomic mass is 16.2. The Bertz CT molecular complexity index is 418. The van der Waals surface area contributed by atoms with Crippen molar-refractivity contribution >= 4 is 11.9 Å². The number of urea groups is 1. The van der Waals surface area contributed by atoms with Gasteiger partial charge in [-0.3, -0.25) is 5.41 Å². The number of carbonyl (C=O) groups is 1. The molecule has 0 spiro atoms. The van der Waals surface area contributed by atoms with Gasteiger partial charge in [0, 0.05) is 6.54 Å². The lowest BCUT2D eigenvalue weighted by Crippen LogP contribution is -2.57. The first-order chi connectivity index (χ1) is 8.48. The van der Waals surface area contributed by atoms with E-state index in [1.54, 1.807) is 6.92 Å². The molecule has 18 heavy (non-hydrogen) atoms. The molecule has 98 valence electrons. The molecule has 0 radical (unpaired) electrons. The second kappa shape index (κ2) is 6.05. The number of hydrogen-bond acceptors (Lipinski definition) is 2. The summed E-state index contributed by atoms with van der Waals surface area (Å²) in [6, 6.07) is 9.31. The first-order valence-electron chi connectivity index (χ1n) is 5.92. The number of benzene rings is 1. The van der Waals surface area contributed by atoms with Crippen molar-refractivity contribution in [1.82, 2.24) is 10.6 Å². The van der Waals surface area contributed by atoms with Crippen molar-refractivity contribution in [3.8, 4) is 0 Å². The number of carbonyl (C=O) groups excluding carboxylic acids is 1. The zero-order chi connectivity index (χ0) is 13.6. The Kier molecular flexibility index (Phi) is 4.71. The van der Waals surface area contributed by atoms with E-state index in [2.05, 4.69) is 10.6 Å². The fourth-order valence-corrected chi connectivity index (χ4v) is 1.42. The monoisotopic (exact) mass is 248 g/mol. The predicted octanol–water partition coefficient (Wildman–Crippen LogP) is 1.59. The van der Waals surface area contributed by atoms with Crippen LogP contribution < -0.4 is 16.4 Å². The molecule has 0 aliphatic heterocycles. The summed E-state index contributed by atoms with van der Waals surface area (Å²) in [7, 11) is 0. The maximum absolute atomic E-state index is 11.7. The van der Waals surface area contributed by atoms with Crippen LogP contribution in [0.15, 0.2) is 30.3 Å². The van der Waals surface area contributed by atoms with Crippen LogP contribution in [0, 0.1) is 5.41 Å². The van der Waals surface area contributed by atoms with E-state index in [9.17, 15) is 4.79 Å². The molecule has 2 amide bonds. The number of amidine groups is 1. The molecule has 1 rings (SSSR count). The van der Waals surface area contributed by atoms with Gasteiger partial charge in [0.15, 0.2) is 0 Å². The minimum absolute atomic E-state index is 0.0418. The lowest BCUT2D eigenvalue weighted by Gasteiger charge is -2.28. The molecule has 0 aliphatic rings. The van der Waals surface area contributed by atoms with Crippen molar-refractivity contribution in [3.63, 3.8) is 0 Å². The third-order valence-electron chi connectivity index (χ3n) is 2.99. The number of nitrogens with two attached hydrogens (primary N) is 1. The fraction of sp³-hybridized carbons (Fsp3) is 0.385. The smallest absolute Gasteiger partial charge is 0.315 e. The Morgan fingerprint density at radius 3 is 2.50 bits per heavy atom. The lowest BCUT2D eigenvalue weighted by atomic mass is 9.98. The summed E-state index contributed by atoms with van der Waals surface area (Å²) < 4.78 is 0. The van der Waals surface area contributed by atoms with Crippen molar-refractivity contribution < 1.29 is 4.79 Å². The standard InChI is InChI=1S/C13H20N4O/c1-3-13(2,11(14)15)17-12(18)16-9-10-7-5-4-6-8-10/h4-8H,3,9H2,1-2H3,(H3,14,15)(H2,16,17,18). The van der Waals surface area contributed by atoms with Crippen LogP contribution in [0.4, 0.5) is 4.79 Å². The highest BCUT2D eigenvalue weighted by molar-refractivity contribution is 5.91. The van der Waals surface area contributed by atoms with E-state index in [1.807, 2.05) is 37.3 Å². The minimum atomic E-state index is -0.791. The van der Waals surface area contributed by atoms with Crippen LogP contribution in [0.2, 0.25) is 0 Å². The van der Waals surface area contributed by atoms with Crippen LogP contribution in [0.3, 0.4) is 0 Å². The predicted molar refractivity (Wildman–Crippen MR) is 72.4 cm³/mol. The number of amides is 2. The van der Waals surface area contributed by atoms with Crippen LogP contribution in [-0.2, 0) is 6.54 Å². The van der Waals surface area contributed by atoms with Gasteiger partial charge < -0.3 is 16.4 Å². The quantitative estimate of drug-likeness (QED) is 0.471. The van der Waals surface area contributed by atoms with E-state index in [0.717, 1.165) is 5.56 Å². The molecular weight excluding hydrogens is 228 g/mol. The highest BCUT2D eigenvalue weighted by Crippen LogP contribution is 2.08. The summed E-state index contributed by atoms with van der Waals surface area (Å²) in [6.07, 6.45) is 0.571. The van der Waals surface area contributed by atoms with Gasteiger partial charge in [-0.15, -0.1) is 0 Å². The van der Waals surface area contributed by atoms with Crippen molar-refractivity contribution in [2.24, 2.45) is 5.73 Å². The molecule has 0 aliphatic carbocycles. The van der Waals surface area contributed by atoms with Crippen molar-refractivity contribution in [2.45, 2.75) is 32.4 Å². The van der Waals surface area contributed by atoms with Gasteiger partial charge in [-0.1, -0.05) is 37.3 Å². The van der Waals surface area contributed by atoms with Gasteiger partial charge in [0.05, 0.1) is 5.54 Å². The van der Waals surface area contributed by atoms with Crippen LogP contribution in [0.25, 0.3) is 0 Å². The molecule has 0 fully saturated rings. The fourth-order valence-electron chi connectivity index (χ4n) is 1.42. The molecule has 0 saturated heterocycles. The van der Waals surface area contributed by atoms with E-state index in [0.29, 0.717) is 13.0 Å². The molecular formula is C13H20N4O. The Morgan fingerprint density at radius 2 is 2.00 bits per heavy atom. The highest BCUT2D eigenvalue weighted by Gasteiger charge is 2.27. The summed E-state index contributed by atoms with van der Waals surface area (Å²) in [5, 5.41) is 12.9. The average molecular weight is 248 g/mol. The summed E-state index contributed by atoms with van der Waals surface area (Å²) in [5.41, 5.74) is 5.71. The van der Waals surface area contributed by atoms with Gasteiger partial charge in [-0.2, -0.15) is 0 Å². The largest absolute Gasteiger partial charge is 0.386 e. The normalized spacial score (nSPS) is 13.4. The molecule has 0 heterocycles. The van der Waals surface area contributed by atoms with Gasteiger partial charge in [0.2, 0.25) is 0 Å². The van der Waals surface area contributed by atoms with E-state index in [4.69, 9.17) is 11.1 Å². The van der Waals surface area contributed by atoms with Gasteiger partial charge in [0.1, 0.15) is 5.84 Å². The topological polar surface area (TPSA) is 91.0 Å². The second-order valence-corrected chi connectivity index (χ2v) is 4.39. The SMILES string of the molecule is CCC(C)(NC(=O)NCc1ccccc1)C(=N)N. The number of rotatable bonds is 5. The first kappa shape index (κ1) is 14.0. The van der Waals surface area contributed by atoms with E-state index in [-0.39, 0.29) is 11.9 Å². The second-order valence-electron chi connectivity index (χ2n) is 4.39. The molecule has 0 aromatic heterocycles. The van der Waals surface area contributed by atoms with Crippen LogP contribution >= 0.6 is 0 Å². The summed E-state index contributed by atoms with van der Waals surface area (Å²) in [4.78, 5) is 11.7. The van der Waals surface area contributed by atoms with Gasteiger partial charge in [-0.05, 0) is 18.9 Å². The Morgan fingerprint density at radius 1 is 1.39 bits per heavy atom. The Balaban J connectivity index is 2.49. The summed E-state index contributed by atoms with van der Waals surface area (Å²) in [5.74, 6) is -0.0418. The van der Waals surface area contributed by atoms with Crippen molar-refractivity contribution in [2.75, 3.05) is 0 Å². The molecule has 1 unspecified atom stereocenters. The van der Waals surface area contributed by atoms with Crippen molar-refractivity contribution in [3.05, 3.63) is 35.9 Å². The van der Waals surface area contributed by atoms with E-state index in [1.165, 1.54) is 0 Å². The van der Waals surface area contributed by atoms with Gasteiger partial charge in [-0.25, -0.2) is 4.79 Å². The maximum atomic E-state index is 11.7. The number of hydrogen-bond donors (Lipinski definition) is 4. The first-order valence-corrected chi connectivity index (χ1v) is 5.92. The third-order valence-corrected chi connectivity index (χ3v) is 2.99. The lowest BCUT2D eigenvalue weighted by molar-refractivity contribution is 0.233. The molecule has 5 nitrogen and oxygen atoms in total. The number of nitrogens with one attached hydrogen (secondary N) is 3. The van der Waals surface area contributed by atoms with Crippen molar-refractivity contribution in [1.29, 1.82) is 5.41 Å². The Labute approximate surface area is 107 Å². The zero-order valence-corrected chi connectivity index (χ0v) is 10.8. The maximum Gasteiger partial charge on any atom is 0.315 e. The molecule has 1 aromatic carbocycles. The average Bonchev–Trinajstić information content (AvgIpc) is 2.37. The van der Waals surface area contributed by atoms with Crippen LogP contribution in [0.5, 0.6) is 0 Å². The zero-order valence-electron chi connectivity index (χ0n) is 10.8. The van der Waals surface area contributed by atoms with E-state index < -0.39 is 5.54 Å². The van der Waals surface area contributed by atoms with Gasteiger partial charge in [0.25, 0.3) is 0 Å². The molecule has 0 bridgehead atoms. The van der Waals surface area contributed by atoms with Gasteiger partial charge >= 0.3 is 6.03 Å². The third kappa shape index (κ3) is 3.76. The Hall–Kier alpha value is -2.04. The molecule has 5 N–H and O–H groups in total. The minimum Gasteiger partial charge on any atom is -0.386 e. The van der Waals surface area contributed by atoms with Crippen LogP contribution in [-0.4, -0.2) is 17.4 Å². The molecule has 0 saturated carbocycles.